The Labute approximate surface area is 132 Å². The number of H-pyrrole nitrogens is 1. The quantitative estimate of drug-likeness (QED) is 0.570. The molecule has 7 nitrogen and oxygen atoms in total. The van der Waals surface area contributed by atoms with Crippen molar-refractivity contribution in [1.29, 1.82) is 0 Å². The number of nitrogen functional groups attached to an aromatic ring is 1. The van der Waals surface area contributed by atoms with Crippen LogP contribution in [0.4, 0.5) is 11.5 Å². The maximum Gasteiger partial charge on any atom is 0.324 e. The molecule has 7 heteroatoms. The lowest BCUT2D eigenvalue weighted by atomic mass is 10.1. The first-order valence-electron chi connectivity index (χ1n) is 7.01. The highest BCUT2D eigenvalue weighted by atomic mass is 16.6. The summed E-state index contributed by atoms with van der Waals surface area (Å²) in [5.74, 6) is 0.481. The molecule has 3 N–H and O–H groups in total. The Kier molecular flexibility index (Phi) is 3.53. The lowest BCUT2D eigenvalue weighted by molar-refractivity contribution is -0.389. The minimum absolute atomic E-state index is 0.0447. The number of nitro groups is 1. The largest absolute Gasteiger partial charge is 0.396 e. The fraction of sp³-hybridized carbons (Fsp3) is 0.125. The van der Waals surface area contributed by atoms with E-state index < -0.39 is 4.92 Å². The zero-order chi connectivity index (χ0) is 16.6. The zero-order valence-electron chi connectivity index (χ0n) is 12.7. The van der Waals surface area contributed by atoms with E-state index in [2.05, 4.69) is 15.0 Å². The number of benzene rings is 1. The standard InChI is InChI=1S/C16H15N5O2/c1-9-13(10(2)19-16(9)21(22)23)14-12(17)8-18-15(20-14)11-6-4-3-5-7-11/h3-8,19H,17H2,1-2H3. The Morgan fingerprint density at radius 1 is 1.22 bits per heavy atom. The van der Waals surface area contributed by atoms with Crippen molar-refractivity contribution in [1.82, 2.24) is 15.0 Å². The third-order valence-electron chi connectivity index (χ3n) is 3.68. The van der Waals surface area contributed by atoms with Crippen LogP contribution in [0.1, 0.15) is 11.3 Å². The van der Waals surface area contributed by atoms with Crippen LogP contribution in [0, 0.1) is 24.0 Å². The Hall–Kier alpha value is -3.22. The summed E-state index contributed by atoms with van der Waals surface area (Å²) >= 11 is 0. The van der Waals surface area contributed by atoms with Gasteiger partial charge in [-0.2, -0.15) is 0 Å². The number of nitrogens with two attached hydrogens (primary N) is 1. The highest BCUT2D eigenvalue weighted by molar-refractivity contribution is 5.80. The number of aromatic nitrogens is 3. The molecule has 0 saturated carbocycles. The predicted molar refractivity (Wildman–Crippen MR) is 87.8 cm³/mol. The van der Waals surface area contributed by atoms with Gasteiger partial charge in [-0.25, -0.2) is 15.0 Å². The van der Waals surface area contributed by atoms with Crippen molar-refractivity contribution in [2.24, 2.45) is 0 Å². The molecule has 116 valence electrons. The third-order valence-corrected chi connectivity index (χ3v) is 3.68. The first-order valence-corrected chi connectivity index (χ1v) is 7.01. The van der Waals surface area contributed by atoms with Crippen LogP contribution in [0.15, 0.2) is 36.5 Å². The molecule has 23 heavy (non-hydrogen) atoms. The van der Waals surface area contributed by atoms with Gasteiger partial charge in [-0.1, -0.05) is 30.3 Å². The number of nitrogens with zero attached hydrogens (tertiary/aromatic N) is 3. The van der Waals surface area contributed by atoms with Gasteiger partial charge in [-0.15, -0.1) is 0 Å². The van der Waals surface area contributed by atoms with Crippen LogP contribution in [0.25, 0.3) is 22.6 Å². The number of hydrogen-bond donors (Lipinski definition) is 2. The SMILES string of the molecule is Cc1[nH]c([N+](=O)[O-])c(C)c1-c1nc(-c2ccccc2)ncc1N. The maximum atomic E-state index is 11.1. The van der Waals surface area contributed by atoms with Crippen molar-refractivity contribution in [3.8, 4) is 22.6 Å². The van der Waals surface area contributed by atoms with E-state index in [4.69, 9.17) is 5.73 Å². The molecule has 2 aromatic heterocycles. The van der Waals surface area contributed by atoms with E-state index in [-0.39, 0.29) is 5.82 Å². The Morgan fingerprint density at radius 3 is 2.52 bits per heavy atom. The van der Waals surface area contributed by atoms with Crippen LogP contribution >= 0.6 is 0 Å². The Bertz CT molecular complexity index is 887. The molecule has 0 saturated heterocycles. The summed E-state index contributed by atoms with van der Waals surface area (Å²) < 4.78 is 0. The van der Waals surface area contributed by atoms with Gasteiger partial charge in [0.05, 0.1) is 23.0 Å². The third kappa shape index (κ3) is 2.52. The minimum Gasteiger partial charge on any atom is -0.396 e. The van der Waals surface area contributed by atoms with Crippen LogP contribution in [0.5, 0.6) is 0 Å². The average molecular weight is 309 g/mol. The zero-order valence-corrected chi connectivity index (χ0v) is 12.7. The molecule has 3 rings (SSSR count). The fourth-order valence-corrected chi connectivity index (χ4v) is 2.59. The number of aryl methyl sites for hydroxylation is 1. The van der Waals surface area contributed by atoms with Gasteiger partial charge >= 0.3 is 5.82 Å². The van der Waals surface area contributed by atoms with Crippen molar-refractivity contribution in [3.63, 3.8) is 0 Å². The number of hydrogen-bond acceptors (Lipinski definition) is 5. The van der Waals surface area contributed by atoms with E-state index in [0.717, 1.165) is 5.56 Å². The predicted octanol–water partition coefficient (Wildman–Crippen LogP) is 3.25. The van der Waals surface area contributed by atoms with Crippen molar-refractivity contribution < 1.29 is 4.92 Å². The average Bonchev–Trinajstić information content (AvgIpc) is 2.84. The summed E-state index contributed by atoms with van der Waals surface area (Å²) in [6, 6.07) is 9.49. The molecule has 0 atom stereocenters. The van der Waals surface area contributed by atoms with Crippen molar-refractivity contribution >= 4 is 11.5 Å². The summed E-state index contributed by atoms with van der Waals surface area (Å²) in [5, 5.41) is 11.1. The van der Waals surface area contributed by atoms with Gasteiger partial charge in [0.1, 0.15) is 11.4 Å². The lowest BCUT2D eigenvalue weighted by Crippen LogP contribution is -1.99. The molecule has 0 aliphatic rings. The highest BCUT2D eigenvalue weighted by Crippen LogP contribution is 2.35. The van der Waals surface area contributed by atoms with E-state index in [1.54, 1.807) is 13.8 Å². The van der Waals surface area contributed by atoms with Gasteiger partial charge in [-0.3, -0.25) is 0 Å². The molecule has 0 amide bonds. The van der Waals surface area contributed by atoms with Gasteiger partial charge in [-0.05, 0) is 18.8 Å². The van der Waals surface area contributed by atoms with Crippen LogP contribution < -0.4 is 5.73 Å². The molecular weight excluding hydrogens is 294 g/mol. The van der Waals surface area contributed by atoms with Crippen LogP contribution in [0.2, 0.25) is 0 Å². The van der Waals surface area contributed by atoms with E-state index in [0.29, 0.717) is 34.0 Å². The highest BCUT2D eigenvalue weighted by Gasteiger charge is 2.24. The number of aromatic amines is 1. The lowest BCUT2D eigenvalue weighted by Gasteiger charge is -2.07. The summed E-state index contributed by atoms with van der Waals surface area (Å²) in [6.07, 6.45) is 1.53. The van der Waals surface area contributed by atoms with Gasteiger partial charge in [0.25, 0.3) is 0 Å². The van der Waals surface area contributed by atoms with Gasteiger partial charge < -0.3 is 15.8 Å². The molecular formula is C16H15N5O2. The van der Waals surface area contributed by atoms with E-state index in [1.807, 2.05) is 30.3 Å². The van der Waals surface area contributed by atoms with Crippen LogP contribution in [-0.4, -0.2) is 19.9 Å². The smallest absolute Gasteiger partial charge is 0.324 e. The minimum atomic E-state index is -0.443. The molecule has 2 heterocycles. The number of rotatable bonds is 3. The van der Waals surface area contributed by atoms with Crippen LogP contribution in [-0.2, 0) is 0 Å². The van der Waals surface area contributed by atoms with E-state index in [1.165, 1.54) is 6.20 Å². The molecule has 3 aromatic rings. The van der Waals surface area contributed by atoms with E-state index >= 15 is 0 Å². The topological polar surface area (TPSA) is 111 Å². The molecule has 0 aliphatic heterocycles. The van der Waals surface area contributed by atoms with Gasteiger partial charge in [0.15, 0.2) is 5.82 Å². The van der Waals surface area contributed by atoms with E-state index in [9.17, 15) is 10.1 Å². The van der Waals surface area contributed by atoms with Crippen molar-refractivity contribution in [2.45, 2.75) is 13.8 Å². The van der Waals surface area contributed by atoms with Crippen LogP contribution in [0.3, 0.4) is 0 Å². The van der Waals surface area contributed by atoms with Gasteiger partial charge in [0, 0.05) is 5.56 Å². The van der Waals surface area contributed by atoms with Crippen molar-refractivity contribution in [2.75, 3.05) is 5.73 Å². The normalized spacial score (nSPS) is 10.7. The molecule has 0 unspecified atom stereocenters. The second kappa shape index (κ2) is 5.53. The summed E-state index contributed by atoms with van der Waals surface area (Å²) in [6.45, 7) is 3.44. The second-order valence-electron chi connectivity index (χ2n) is 5.22. The molecule has 1 aromatic carbocycles. The Morgan fingerprint density at radius 2 is 1.91 bits per heavy atom. The molecule has 0 spiro atoms. The molecule has 0 aliphatic carbocycles. The maximum absolute atomic E-state index is 11.1. The summed E-state index contributed by atoms with van der Waals surface area (Å²) in [4.78, 5) is 22.2. The fourth-order valence-electron chi connectivity index (χ4n) is 2.59. The first kappa shape index (κ1) is 14.7. The van der Waals surface area contributed by atoms with Crippen molar-refractivity contribution in [3.05, 3.63) is 57.9 Å². The molecule has 0 fully saturated rings. The monoisotopic (exact) mass is 309 g/mol. The number of anilines is 1. The number of nitrogens with one attached hydrogen (secondary N) is 1. The summed E-state index contributed by atoms with van der Waals surface area (Å²) in [5.41, 5.74) is 9.56. The first-order chi connectivity index (χ1) is 11.0. The summed E-state index contributed by atoms with van der Waals surface area (Å²) in [7, 11) is 0. The molecule has 0 bridgehead atoms. The second-order valence-corrected chi connectivity index (χ2v) is 5.22. The molecule has 0 radical (unpaired) electrons. The Balaban J connectivity index is 2.20. The van der Waals surface area contributed by atoms with Gasteiger partial charge in [0.2, 0.25) is 0 Å².